The Morgan fingerprint density at radius 2 is 1.82 bits per heavy atom. The molecule has 2 aromatic rings. The Morgan fingerprint density at radius 1 is 1.10 bits per heavy atom. The number of hydrogen-bond donors (Lipinski definition) is 4. The summed E-state index contributed by atoms with van der Waals surface area (Å²) in [6, 6.07) is 4.37. The third-order valence-electron chi connectivity index (χ3n) is 9.70. The van der Waals surface area contributed by atoms with Crippen molar-refractivity contribution in [1.82, 2.24) is 9.88 Å². The minimum Gasteiger partial charge on any atom is -0.477 e. The van der Waals surface area contributed by atoms with Crippen LogP contribution in [0, 0.1) is 30.6 Å². The van der Waals surface area contributed by atoms with E-state index in [0.717, 1.165) is 50.3 Å². The summed E-state index contributed by atoms with van der Waals surface area (Å²) in [5, 5.41) is 13.3. The van der Waals surface area contributed by atoms with Crippen molar-refractivity contribution in [2.75, 3.05) is 18.5 Å². The Labute approximate surface area is 228 Å². The number of halogens is 1. The van der Waals surface area contributed by atoms with Gasteiger partial charge in [-0.3, -0.25) is 9.59 Å². The maximum atomic E-state index is 13.9. The van der Waals surface area contributed by atoms with Crippen LogP contribution in [0.25, 0.3) is 10.9 Å². The van der Waals surface area contributed by atoms with Gasteiger partial charge in [-0.2, -0.15) is 0 Å². The van der Waals surface area contributed by atoms with Crippen molar-refractivity contribution in [2.45, 2.75) is 83.2 Å². The van der Waals surface area contributed by atoms with Gasteiger partial charge in [0.05, 0.1) is 0 Å². The zero-order chi connectivity index (χ0) is 27.7. The molecule has 0 spiro atoms. The van der Waals surface area contributed by atoms with Crippen LogP contribution in [0.1, 0.15) is 80.3 Å². The summed E-state index contributed by atoms with van der Waals surface area (Å²) < 4.78 is 13.1. The third-order valence-corrected chi connectivity index (χ3v) is 9.70. The third kappa shape index (κ3) is 5.55. The van der Waals surface area contributed by atoms with E-state index in [2.05, 4.69) is 10.3 Å². The fraction of sp³-hybridized carbons (Fsp3) is 0.633. The summed E-state index contributed by atoms with van der Waals surface area (Å²) in [4.78, 5) is 44.0. The molecule has 2 aliphatic carbocycles. The van der Waals surface area contributed by atoms with Crippen molar-refractivity contribution >= 4 is 34.4 Å². The molecule has 2 amide bonds. The van der Waals surface area contributed by atoms with Gasteiger partial charge in [-0.25, -0.2) is 9.18 Å². The Bertz CT molecular complexity index is 1220. The number of aromatic amines is 1. The molecule has 0 radical (unpaired) electrons. The minimum atomic E-state index is -1.02. The van der Waals surface area contributed by atoms with Crippen molar-refractivity contribution in [3.63, 3.8) is 0 Å². The quantitative estimate of drug-likeness (QED) is 0.392. The molecule has 3 fully saturated rings. The van der Waals surface area contributed by atoms with E-state index in [1.807, 2.05) is 4.90 Å². The first-order valence-corrected chi connectivity index (χ1v) is 14.6. The van der Waals surface area contributed by atoms with Crippen molar-refractivity contribution in [3.8, 4) is 0 Å². The Balaban J connectivity index is 1.36. The number of nitrogens with one attached hydrogen (secondary N) is 2. The molecule has 0 bridgehead atoms. The molecule has 8 nitrogen and oxygen atoms in total. The molecule has 0 unspecified atom stereocenters. The number of carbonyl (C=O) groups excluding carboxylic acids is 2. The molecule has 5 rings (SSSR count). The Kier molecular flexibility index (Phi) is 8.26. The summed E-state index contributed by atoms with van der Waals surface area (Å²) >= 11 is 0. The van der Waals surface area contributed by atoms with E-state index in [1.54, 1.807) is 25.1 Å². The van der Waals surface area contributed by atoms with Gasteiger partial charge >= 0.3 is 5.97 Å². The highest BCUT2D eigenvalue weighted by Gasteiger charge is 2.47. The van der Waals surface area contributed by atoms with Gasteiger partial charge in [-0.15, -0.1) is 0 Å². The zero-order valence-electron chi connectivity index (χ0n) is 22.8. The van der Waals surface area contributed by atoms with Gasteiger partial charge in [-0.05, 0) is 80.5 Å². The zero-order valence-corrected chi connectivity index (χ0v) is 22.8. The number of nitrogens with zero attached hydrogens (tertiary/aromatic N) is 1. The van der Waals surface area contributed by atoms with Crippen molar-refractivity contribution in [3.05, 3.63) is 29.5 Å². The number of H-pyrrole nitrogens is 1. The number of nitrogens with two attached hydrogens (primary N) is 1. The summed E-state index contributed by atoms with van der Waals surface area (Å²) in [5.74, 6) is -0.633. The van der Waals surface area contributed by atoms with Crippen LogP contribution in [-0.4, -0.2) is 58.1 Å². The van der Waals surface area contributed by atoms with E-state index < -0.39 is 24.7 Å². The molecule has 2 saturated carbocycles. The second-order valence-corrected chi connectivity index (χ2v) is 11.9. The van der Waals surface area contributed by atoms with E-state index in [4.69, 9.17) is 5.73 Å². The van der Waals surface area contributed by atoms with Crippen LogP contribution in [0.5, 0.6) is 0 Å². The molecule has 39 heavy (non-hydrogen) atoms. The van der Waals surface area contributed by atoms with E-state index in [9.17, 15) is 23.9 Å². The first-order chi connectivity index (χ1) is 18.8. The number of aromatic nitrogens is 1. The number of aryl methyl sites for hydroxylation is 1. The SMILES string of the molecule is Cc1c(C(=O)O)[nH]c2ccc(NC(=O)[C@@H]3[C@H](C4CCCCC4)CCN3C(=O)[C@H]3CC[C@H]([C@H](N)CF)CC3)cc12. The van der Waals surface area contributed by atoms with E-state index in [-0.39, 0.29) is 35.3 Å². The summed E-state index contributed by atoms with van der Waals surface area (Å²) in [7, 11) is 0. The second kappa shape index (κ2) is 11.7. The van der Waals surface area contributed by atoms with Gasteiger partial charge in [0.25, 0.3) is 0 Å². The monoisotopic (exact) mass is 540 g/mol. The smallest absolute Gasteiger partial charge is 0.352 e. The number of carboxylic acid groups (broad SMARTS) is 1. The van der Waals surface area contributed by atoms with Gasteiger partial charge in [0.15, 0.2) is 0 Å². The molecular weight excluding hydrogens is 499 g/mol. The molecule has 1 saturated heterocycles. The predicted octanol–water partition coefficient (Wildman–Crippen LogP) is 5.01. The lowest BCUT2D eigenvalue weighted by Gasteiger charge is -2.36. The maximum Gasteiger partial charge on any atom is 0.352 e. The normalized spacial score (nSPS) is 27.0. The number of anilines is 1. The highest BCUT2D eigenvalue weighted by Crippen LogP contribution is 2.41. The number of likely N-dealkylation sites (tertiary alicyclic amines) is 1. The summed E-state index contributed by atoms with van der Waals surface area (Å²) in [6.45, 7) is 1.80. The van der Waals surface area contributed by atoms with Gasteiger partial charge in [-0.1, -0.05) is 32.1 Å². The fourth-order valence-corrected chi connectivity index (χ4v) is 7.44. The van der Waals surface area contributed by atoms with Gasteiger partial charge in [0, 0.05) is 35.1 Å². The van der Waals surface area contributed by atoms with Crippen molar-refractivity contribution < 1.29 is 23.9 Å². The second-order valence-electron chi connectivity index (χ2n) is 11.9. The average molecular weight is 541 g/mol. The summed E-state index contributed by atoms with van der Waals surface area (Å²) in [5.41, 5.74) is 7.98. The molecule has 1 aliphatic heterocycles. The van der Waals surface area contributed by atoms with Crippen molar-refractivity contribution in [1.29, 1.82) is 0 Å². The summed E-state index contributed by atoms with van der Waals surface area (Å²) in [6.07, 6.45) is 9.42. The highest BCUT2D eigenvalue weighted by atomic mass is 19.1. The molecule has 2 heterocycles. The number of benzene rings is 1. The minimum absolute atomic E-state index is 0.0451. The standard InChI is InChI=1S/C30H41FN4O4/c1-17-23-15-21(11-12-25(23)34-26(17)30(38)39)33-28(36)27-22(18-5-3-2-4-6-18)13-14-35(27)29(37)20-9-7-19(8-10-20)24(32)16-31/h11-12,15,18-20,22,24,27,34H,2-10,13-14,16,32H2,1H3,(H,33,36)(H,38,39)/t19-,20-,22-,24+,27-/m0/s1. The number of carboxylic acids is 1. The average Bonchev–Trinajstić information content (AvgIpc) is 3.54. The number of aromatic carboxylic acids is 1. The number of alkyl halides is 1. The predicted molar refractivity (Wildman–Crippen MR) is 148 cm³/mol. The van der Waals surface area contributed by atoms with Crippen LogP contribution in [0.2, 0.25) is 0 Å². The molecule has 3 aliphatic rings. The van der Waals surface area contributed by atoms with Crippen LogP contribution in [0.15, 0.2) is 18.2 Å². The van der Waals surface area contributed by atoms with E-state index in [0.29, 0.717) is 42.1 Å². The lowest BCUT2D eigenvalue weighted by molar-refractivity contribution is -0.142. The first kappa shape index (κ1) is 27.6. The Morgan fingerprint density at radius 3 is 2.49 bits per heavy atom. The Hall–Kier alpha value is -2.94. The number of amides is 2. The molecule has 9 heteroatoms. The van der Waals surface area contributed by atoms with Crippen LogP contribution >= 0.6 is 0 Å². The van der Waals surface area contributed by atoms with Crippen LogP contribution in [0.3, 0.4) is 0 Å². The van der Waals surface area contributed by atoms with Crippen LogP contribution in [-0.2, 0) is 9.59 Å². The lowest BCUT2D eigenvalue weighted by Crippen LogP contribution is -2.50. The molecule has 1 aromatic carbocycles. The molecule has 1 aromatic heterocycles. The van der Waals surface area contributed by atoms with E-state index >= 15 is 0 Å². The van der Waals surface area contributed by atoms with Gasteiger partial charge in [0.2, 0.25) is 11.8 Å². The molecule has 212 valence electrons. The van der Waals surface area contributed by atoms with E-state index in [1.165, 1.54) is 6.42 Å². The van der Waals surface area contributed by atoms with Gasteiger partial charge < -0.3 is 26.0 Å². The number of fused-ring (bicyclic) bond motifs is 1. The van der Waals surface area contributed by atoms with Gasteiger partial charge in [0.1, 0.15) is 18.4 Å². The largest absolute Gasteiger partial charge is 0.477 e. The molecule has 5 N–H and O–H groups in total. The number of carbonyl (C=O) groups is 3. The number of rotatable bonds is 7. The highest BCUT2D eigenvalue weighted by molar-refractivity contribution is 6.02. The fourth-order valence-electron chi connectivity index (χ4n) is 7.44. The topological polar surface area (TPSA) is 129 Å². The van der Waals surface area contributed by atoms with Crippen LogP contribution in [0.4, 0.5) is 10.1 Å². The molecular formula is C30H41FN4O4. The van der Waals surface area contributed by atoms with Crippen LogP contribution < -0.4 is 11.1 Å². The maximum absolute atomic E-state index is 13.9. The number of hydrogen-bond acceptors (Lipinski definition) is 4. The van der Waals surface area contributed by atoms with Crippen molar-refractivity contribution in [2.24, 2.45) is 29.4 Å². The lowest BCUT2D eigenvalue weighted by atomic mass is 9.76. The first-order valence-electron chi connectivity index (χ1n) is 14.6. The molecule has 3 atom stereocenters.